The lowest BCUT2D eigenvalue weighted by atomic mass is 10.0. The summed E-state index contributed by atoms with van der Waals surface area (Å²) in [5, 5.41) is 6.31. The third kappa shape index (κ3) is 1.41. The molecule has 1 aromatic rings. The van der Waals surface area contributed by atoms with Crippen molar-refractivity contribution in [1.82, 2.24) is 0 Å². The first kappa shape index (κ1) is 8.59. The number of anilines is 1. The van der Waals surface area contributed by atoms with E-state index in [1.807, 2.05) is 6.07 Å². The Morgan fingerprint density at radius 3 is 3.07 bits per heavy atom. The van der Waals surface area contributed by atoms with Gasteiger partial charge in [-0.1, -0.05) is 17.2 Å². The maximum Gasteiger partial charge on any atom is 0.224 e. The van der Waals surface area contributed by atoms with E-state index >= 15 is 0 Å². The van der Waals surface area contributed by atoms with Crippen LogP contribution in [0.1, 0.15) is 12.0 Å². The quantitative estimate of drug-likeness (QED) is 0.410. The Balaban J connectivity index is 2.51. The van der Waals surface area contributed by atoms with E-state index in [9.17, 15) is 4.79 Å². The van der Waals surface area contributed by atoms with E-state index < -0.39 is 0 Å². The average Bonchev–Trinajstić information content (AvgIpc) is 2.18. The Morgan fingerprint density at radius 2 is 2.29 bits per heavy atom. The van der Waals surface area contributed by atoms with Crippen molar-refractivity contribution >= 4 is 17.3 Å². The van der Waals surface area contributed by atoms with Crippen molar-refractivity contribution in [3.63, 3.8) is 0 Å². The molecule has 1 aliphatic heterocycles. The van der Waals surface area contributed by atoms with Gasteiger partial charge in [0, 0.05) is 22.7 Å². The SMILES string of the molecule is [N-]=[N+]=Nc1cccc2c1CCC(=O)N2. The molecule has 0 unspecified atom stereocenters. The summed E-state index contributed by atoms with van der Waals surface area (Å²) in [6, 6.07) is 5.31. The second kappa shape index (κ2) is 3.40. The number of carbonyl (C=O) groups excluding carboxylic acids is 1. The number of hydrogen-bond donors (Lipinski definition) is 1. The van der Waals surface area contributed by atoms with Gasteiger partial charge >= 0.3 is 0 Å². The molecular weight excluding hydrogens is 180 g/mol. The van der Waals surface area contributed by atoms with Crippen molar-refractivity contribution in [2.24, 2.45) is 5.11 Å². The Hall–Kier alpha value is -2.00. The van der Waals surface area contributed by atoms with Crippen LogP contribution in [0.4, 0.5) is 11.4 Å². The zero-order valence-corrected chi connectivity index (χ0v) is 7.40. The van der Waals surface area contributed by atoms with Crippen LogP contribution in [0, 0.1) is 0 Å². The van der Waals surface area contributed by atoms with E-state index in [2.05, 4.69) is 15.3 Å². The fraction of sp³-hybridized carbons (Fsp3) is 0.222. The zero-order valence-electron chi connectivity index (χ0n) is 7.40. The lowest BCUT2D eigenvalue weighted by Crippen LogP contribution is -2.18. The highest BCUT2D eigenvalue weighted by atomic mass is 16.1. The van der Waals surface area contributed by atoms with E-state index in [0.717, 1.165) is 11.3 Å². The number of fused-ring (bicyclic) bond motifs is 1. The predicted molar refractivity (Wildman–Crippen MR) is 52.2 cm³/mol. The number of carbonyl (C=O) groups is 1. The molecule has 2 rings (SSSR count). The van der Waals surface area contributed by atoms with Crippen LogP contribution in [0.15, 0.2) is 23.3 Å². The van der Waals surface area contributed by atoms with Gasteiger partial charge in [0.15, 0.2) is 0 Å². The standard InChI is InChI=1S/C9H8N4O/c10-13-12-8-3-1-2-7-6(8)4-5-9(14)11-7/h1-3H,4-5H2,(H,11,14). The molecule has 70 valence electrons. The fourth-order valence-corrected chi connectivity index (χ4v) is 1.55. The van der Waals surface area contributed by atoms with Gasteiger partial charge in [-0.25, -0.2) is 0 Å². The molecule has 0 saturated carbocycles. The molecule has 1 aromatic carbocycles. The number of amides is 1. The van der Waals surface area contributed by atoms with Crippen LogP contribution >= 0.6 is 0 Å². The van der Waals surface area contributed by atoms with Crippen LogP contribution in [-0.4, -0.2) is 5.91 Å². The normalized spacial score (nSPS) is 13.9. The Labute approximate surface area is 80.4 Å². The van der Waals surface area contributed by atoms with Gasteiger partial charge in [0.2, 0.25) is 5.91 Å². The summed E-state index contributed by atoms with van der Waals surface area (Å²) in [7, 11) is 0. The van der Waals surface area contributed by atoms with E-state index in [0.29, 0.717) is 18.5 Å². The number of hydrogen-bond acceptors (Lipinski definition) is 2. The molecule has 14 heavy (non-hydrogen) atoms. The highest BCUT2D eigenvalue weighted by Crippen LogP contribution is 2.31. The molecule has 0 aliphatic carbocycles. The van der Waals surface area contributed by atoms with Gasteiger partial charge < -0.3 is 5.32 Å². The molecule has 0 atom stereocenters. The van der Waals surface area contributed by atoms with Crippen molar-refractivity contribution in [3.05, 3.63) is 34.2 Å². The molecule has 5 heteroatoms. The minimum absolute atomic E-state index is 0.00980. The van der Waals surface area contributed by atoms with Gasteiger partial charge in [0.1, 0.15) is 0 Å². The molecule has 0 spiro atoms. The zero-order chi connectivity index (χ0) is 9.97. The van der Waals surface area contributed by atoms with Crippen LogP contribution in [-0.2, 0) is 11.2 Å². The summed E-state index contributed by atoms with van der Waals surface area (Å²) in [5.74, 6) is 0.00980. The molecule has 1 aliphatic rings. The fourth-order valence-electron chi connectivity index (χ4n) is 1.55. The Morgan fingerprint density at radius 1 is 1.43 bits per heavy atom. The number of benzene rings is 1. The molecule has 0 radical (unpaired) electrons. The largest absolute Gasteiger partial charge is 0.326 e. The molecule has 0 saturated heterocycles. The highest BCUT2D eigenvalue weighted by molar-refractivity contribution is 5.95. The predicted octanol–water partition coefficient (Wildman–Crippen LogP) is 2.51. The summed E-state index contributed by atoms with van der Waals surface area (Å²) in [5.41, 5.74) is 10.6. The van der Waals surface area contributed by atoms with E-state index in [-0.39, 0.29) is 5.91 Å². The van der Waals surface area contributed by atoms with Crippen molar-refractivity contribution in [1.29, 1.82) is 0 Å². The van der Waals surface area contributed by atoms with Crippen LogP contribution in [0.3, 0.4) is 0 Å². The van der Waals surface area contributed by atoms with Crippen molar-refractivity contribution in [2.45, 2.75) is 12.8 Å². The maximum absolute atomic E-state index is 11.1. The van der Waals surface area contributed by atoms with Crippen LogP contribution in [0.2, 0.25) is 0 Å². The second-order valence-electron chi connectivity index (χ2n) is 3.04. The highest BCUT2D eigenvalue weighted by Gasteiger charge is 2.16. The van der Waals surface area contributed by atoms with Gasteiger partial charge in [0.25, 0.3) is 0 Å². The number of nitrogens with one attached hydrogen (secondary N) is 1. The lowest BCUT2D eigenvalue weighted by Gasteiger charge is -2.17. The van der Waals surface area contributed by atoms with Crippen molar-refractivity contribution < 1.29 is 4.79 Å². The van der Waals surface area contributed by atoms with E-state index in [4.69, 9.17) is 5.53 Å². The van der Waals surface area contributed by atoms with Crippen molar-refractivity contribution in [3.8, 4) is 0 Å². The molecule has 0 fully saturated rings. The Bertz CT molecular complexity index is 434. The van der Waals surface area contributed by atoms with Crippen LogP contribution in [0.5, 0.6) is 0 Å². The van der Waals surface area contributed by atoms with Gasteiger partial charge in [-0.05, 0) is 23.6 Å². The van der Waals surface area contributed by atoms with Gasteiger partial charge in [0.05, 0.1) is 0 Å². The molecule has 1 heterocycles. The molecule has 1 N–H and O–H groups in total. The maximum atomic E-state index is 11.1. The number of azide groups is 1. The topological polar surface area (TPSA) is 77.9 Å². The minimum atomic E-state index is 0.00980. The molecular formula is C9H8N4O. The van der Waals surface area contributed by atoms with Crippen LogP contribution in [0.25, 0.3) is 10.4 Å². The first-order chi connectivity index (χ1) is 6.81. The number of nitrogens with zero attached hydrogens (tertiary/aromatic N) is 3. The first-order valence-corrected chi connectivity index (χ1v) is 4.28. The van der Waals surface area contributed by atoms with E-state index in [1.165, 1.54) is 0 Å². The molecule has 0 bridgehead atoms. The van der Waals surface area contributed by atoms with Crippen LogP contribution < -0.4 is 5.32 Å². The summed E-state index contributed by atoms with van der Waals surface area (Å²) in [4.78, 5) is 13.8. The van der Waals surface area contributed by atoms with E-state index in [1.54, 1.807) is 12.1 Å². The van der Waals surface area contributed by atoms with Gasteiger partial charge in [-0.2, -0.15) is 0 Å². The minimum Gasteiger partial charge on any atom is -0.326 e. The summed E-state index contributed by atoms with van der Waals surface area (Å²) in [6.07, 6.45) is 1.08. The summed E-state index contributed by atoms with van der Waals surface area (Å²) >= 11 is 0. The third-order valence-corrected chi connectivity index (χ3v) is 2.18. The third-order valence-electron chi connectivity index (χ3n) is 2.18. The second-order valence-corrected chi connectivity index (χ2v) is 3.04. The van der Waals surface area contributed by atoms with Gasteiger partial charge in [-0.15, -0.1) is 0 Å². The lowest BCUT2D eigenvalue weighted by molar-refractivity contribution is -0.116. The van der Waals surface area contributed by atoms with Crippen molar-refractivity contribution in [2.75, 3.05) is 5.32 Å². The molecule has 5 nitrogen and oxygen atoms in total. The molecule has 1 amide bonds. The summed E-state index contributed by atoms with van der Waals surface area (Å²) in [6.45, 7) is 0. The number of rotatable bonds is 1. The smallest absolute Gasteiger partial charge is 0.224 e. The molecule has 0 aromatic heterocycles. The Kier molecular flexibility index (Phi) is 2.08. The van der Waals surface area contributed by atoms with Gasteiger partial charge in [-0.3, -0.25) is 4.79 Å². The summed E-state index contributed by atoms with van der Waals surface area (Å²) < 4.78 is 0. The first-order valence-electron chi connectivity index (χ1n) is 4.28. The monoisotopic (exact) mass is 188 g/mol. The average molecular weight is 188 g/mol.